The average molecular weight is 483 g/mol. The molecule has 6 nitrogen and oxygen atoms in total. The Bertz CT molecular complexity index is 1280. The number of benzene rings is 3. The molecule has 0 spiro atoms. The van der Waals surface area contributed by atoms with Crippen molar-refractivity contribution in [1.82, 2.24) is 0 Å². The Labute approximate surface area is 198 Å². The Balaban J connectivity index is 1.83. The summed E-state index contributed by atoms with van der Waals surface area (Å²) in [5, 5.41) is 20.8. The lowest BCUT2D eigenvalue weighted by atomic mass is 9.94. The molecule has 1 heterocycles. The fourth-order valence-electron chi connectivity index (χ4n) is 3.93. The quantitative estimate of drug-likeness (QED) is 0.285. The summed E-state index contributed by atoms with van der Waals surface area (Å²) in [5.74, 6) is -2.83. The van der Waals surface area contributed by atoms with Gasteiger partial charge in [-0.3, -0.25) is 14.5 Å². The lowest BCUT2D eigenvalue weighted by Crippen LogP contribution is -2.29. The molecule has 1 amide bonds. The molecule has 0 aliphatic carbocycles. The number of Topliss-reactive ketones (excluding diaryl/α,β-unsaturated/α-hetero) is 1. The summed E-state index contributed by atoms with van der Waals surface area (Å²) < 4.78 is 41.5. The van der Waals surface area contributed by atoms with Gasteiger partial charge in [-0.25, -0.2) is 0 Å². The zero-order valence-corrected chi connectivity index (χ0v) is 18.4. The number of carbonyl (C=O) groups excluding carboxylic acids is 2. The Morgan fingerprint density at radius 3 is 2.09 bits per heavy atom. The number of aryl methyl sites for hydroxylation is 1. The van der Waals surface area contributed by atoms with E-state index in [4.69, 9.17) is 0 Å². The molecule has 1 atom stereocenters. The van der Waals surface area contributed by atoms with Gasteiger partial charge in [0, 0.05) is 11.3 Å². The van der Waals surface area contributed by atoms with Crippen LogP contribution in [0.5, 0.6) is 11.5 Å². The fraction of sp³-hybridized carbons (Fsp3) is 0.154. The maximum absolute atomic E-state index is 13.1. The molecule has 9 heteroatoms. The Morgan fingerprint density at radius 1 is 0.943 bits per heavy atom. The van der Waals surface area contributed by atoms with Crippen molar-refractivity contribution in [1.29, 1.82) is 0 Å². The fourth-order valence-corrected chi connectivity index (χ4v) is 3.93. The van der Waals surface area contributed by atoms with E-state index in [2.05, 4.69) is 4.74 Å². The smallest absolute Gasteiger partial charge is 0.508 e. The van der Waals surface area contributed by atoms with Crippen LogP contribution >= 0.6 is 0 Å². The minimum atomic E-state index is -4.88. The summed E-state index contributed by atoms with van der Waals surface area (Å²) in [4.78, 5) is 27.3. The van der Waals surface area contributed by atoms with Gasteiger partial charge in [0.2, 0.25) is 0 Å². The second-order valence-corrected chi connectivity index (χ2v) is 7.85. The molecule has 1 fully saturated rings. The predicted molar refractivity (Wildman–Crippen MR) is 122 cm³/mol. The summed E-state index contributed by atoms with van der Waals surface area (Å²) in [6, 6.07) is 16.0. The Morgan fingerprint density at radius 2 is 1.54 bits per heavy atom. The molecule has 0 bridgehead atoms. The largest absolute Gasteiger partial charge is 0.573 e. The van der Waals surface area contributed by atoms with E-state index in [1.807, 2.05) is 6.92 Å². The van der Waals surface area contributed by atoms with Crippen molar-refractivity contribution in [3.63, 3.8) is 0 Å². The highest BCUT2D eigenvalue weighted by molar-refractivity contribution is 6.51. The molecule has 3 aromatic carbocycles. The van der Waals surface area contributed by atoms with Crippen molar-refractivity contribution >= 4 is 23.1 Å². The monoisotopic (exact) mass is 483 g/mol. The van der Waals surface area contributed by atoms with Crippen LogP contribution in [0.25, 0.3) is 5.76 Å². The average Bonchev–Trinajstić information content (AvgIpc) is 3.09. The molecular formula is C26H20F3NO5. The van der Waals surface area contributed by atoms with Gasteiger partial charge < -0.3 is 14.9 Å². The van der Waals surface area contributed by atoms with Crippen LogP contribution in [0.1, 0.15) is 29.7 Å². The number of alkyl halides is 3. The molecule has 0 saturated carbocycles. The molecule has 0 aromatic heterocycles. The number of nitrogens with zero attached hydrogens (tertiary/aromatic N) is 1. The van der Waals surface area contributed by atoms with Gasteiger partial charge in [-0.15, -0.1) is 13.2 Å². The van der Waals surface area contributed by atoms with E-state index in [-0.39, 0.29) is 22.8 Å². The van der Waals surface area contributed by atoms with Crippen LogP contribution in [0.15, 0.2) is 78.4 Å². The number of ketones is 1. The van der Waals surface area contributed by atoms with Crippen molar-refractivity contribution < 1.29 is 37.7 Å². The number of ether oxygens (including phenoxy) is 1. The summed E-state index contributed by atoms with van der Waals surface area (Å²) in [6.07, 6.45) is -4.11. The number of halogens is 3. The highest BCUT2D eigenvalue weighted by Gasteiger charge is 2.47. The van der Waals surface area contributed by atoms with Crippen molar-refractivity contribution in [3.8, 4) is 11.5 Å². The minimum Gasteiger partial charge on any atom is -0.508 e. The highest BCUT2D eigenvalue weighted by atomic mass is 19.4. The van der Waals surface area contributed by atoms with Crippen molar-refractivity contribution in [2.24, 2.45) is 0 Å². The van der Waals surface area contributed by atoms with Gasteiger partial charge in [-0.05, 0) is 53.9 Å². The molecule has 4 rings (SSSR count). The first-order chi connectivity index (χ1) is 16.6. The van der Waals surface area contributed by atoms with E-state index in [9.17, 15) is 33.0 Å². The predicted octanol–water partition coefficient (Wildman–Crippen LogP) is 5.48. The molecule has 1 saturated heterocycles. The number of aliphatic hydroxyl groups is 1. The number of hydrogen-bond acceptors (Lipinski definition) is 5. The third kappa shape index (κ3) is 4.84. The van der Waals surface area contributed by atoms with E-state index in [1.54, 1.807) is 24.3 Å². The first-order valence-corrected chi connectivity index (χ1v) is 10.6. The normalized spacial score (nSPS) is 17.6. The van der Waals surface area contributed by atoms with Crippen LogP contribution in [-0.4, -0.2) is 28.3 Å². The first-order valence-electron chi connectivity index (χ1n) is 10.6. The van der Waals surface area contributed by atoms with Crippen molar-refractivity contribution in [2.75, 3.05) is 4.90 Å². The van der Waals surface area contributed by atoms with Crippen LogP contribution in [0, 0.1) is 0 Å². The standard InChI is InChI=1S/C26H20F3NO5/c1-2-15-3-5-17(6-4-15)23(32)21-22(16-7-11-19(31)12-8-16)30(25(34)24(21)33)18-9-13-20(14-10-18)35-26(27,28)29/h3-14,22,31-32H,2H2,1H3/b23-21+. The van der Waals surface area contributed by atoms with E-state index in [0.717, 1.165) is 29.0 Å². The van der Waals surface area contributed by atoms with Crippen molar-refractivity contribution in [3.05, 3.63) is 95.1 Å². The number of rotatable bonds is 5. The molecule has 3 aromatic rings. The molecule has 1 aliphatic heterocycles. The second kappa shape index (κ2) is 9.17. The molecule has 2 N–H and O–H groups in total. The molecule has 1 aliphatic rings. The lowest BCUT2D eigenvalue weighted by Gasteiger charge is -2.25. The maximum Gasteiger partial charge on any atom is 0.573 e. The summed E-state index contributed by atoms with van der Waals surface area (Å²) >= 11 is 0. The summed E-state index contributed by atoms with van der Waals surface area (Å²) in [5.41, 5.74) is 1.70. The molecular weight excluding hydrogens is 463 g/mol. The maximum atomic E-state index is 13.1. The van der Waals surface area contributed by atoms with Gasteiger partial charge in [0.25, 0.3) is 11.7 Å². The van der Waals surface area contributed by atoms with Gasteiger partial charge >= 0.3 is 6.36 Å². The van der Waals surface area contributed by atoms with Crippen LogP contribution < -0.4 is 9.64 Å². The zero-order chi connectivity index (χ0) is 25.3. The van der Waals surface area contributed by atoms with Crippen LogP contribution in [0.2, 0.25) is 0 Å². The number of hydrogen-bond donors (Lipinski definition) is 2. The Kier molecular flexibility index (Phi) is 6.26. The number of aliphatic hydroxyl groups excluding tert-OH is 1. The zero-order valence-electron chi connectivity index (χ0n) is 18.4. The van der Waals surface area contributed by atoms with Crippen LogP contribution in [0.4, 0.5) is 18.9 Å². The lowest BCUT2D eigenvalue weighted by molar-refractivity contribution is -0.274. The molecule has 0 radical (unpaired) electrons. The first kappa shape index (κ1) is 23.9. The van der Waals surface area contributed by atoms with E-state index in [0.29, 0.717) is 11.1 Å². The summed E-state index contributed by atoms with van der Waals surface area (Å²) in [7, 11) is 0. The SMILES string of the molecule is CCc1ccc(/C(O)=C2\C(=O)C(=O)N(c3ccc(OC(F)(F)F)cc3)C2c2ccc(O)cc2)cc1. The minimum absolute atomic E-state index is 0.0468. The van der Waals surface area contributed by atoms with E-state index >= 15 is 0 Å². The van der Waals surface area contributed by atoms with Crippen molar-refractivity contribution in [2.45, 2.75) is 25.7 Å². The van der Waals surface area contributed by atoms with Gasteiger partial charge in [-0.2, -0.15) is 0 Å². The second-order valence-electron chi connectivity index (χ2n) is 7.85. The van der Waals surface area contributed by atoms with Gasteiger partial charge in [-0.1, -0.05) is 43.3 Å². The van der Waals surface area contributed by atoms with Crippen LogP contribution in [-0.2, 0) is 16.0 Å². The third-order valence-electron chi connectivity index (χ3n) is 5.64. The van der Waals surface area contributed by atoms with Gasteiger partial charge in [0.1, 0.15) is 17.3 Å². The van der Waals surface area contributed by atoms with Gasteiger partial charge in [0.15, 0.2) is 0 Å². The summed E-state index contributed by atoms with van der Waals surface area (Å²) in [6.45, 7) is 1.97. The number of amides is 1. The number of aromatic hydroxyl groups is 1. The topological polar surface area (TPSA) is 87.1 Å². The number of carbonyl (C=O) groups is 2. The number of phenols is 1. The Hall–Kier alpha value is -4.27. The molecule has 180 valence electrons. The number of anilines is 1. The third-order valence-corrected chi connectivity index (χ3v) is 5.64. The molecule has 1 unspecified atom stereocenters. The van der Waals surface area contributed by atoms with Crippen LogP contribution in [0.3, 0.4) is 0 Å². The number of phenolic OH excluding ortho intramolecular Hbond substituents is 1. The van der Waals surface area contributed by atoms with E-state index in [1.165, 1.54) is 36.4 Å². The highest BCUT2D eigenvalue weighted by Crippen LogP contribution is 2.43. The molecule has 35 heavy (non-hydrogen) atoms. The van der Waals surface area contributed by atoms with Gasteiger partial charge in [0.05, 0.1) is 11.6 Å². The van der Waals surface area contributed by atoms with E-state index < -0.39 is 29.8 Å².